The van der Waals surface area contributed by atoms with E-state index in [-0.39, 0.29) is 9.89 Å². The zero-order valence-electron chi connectivity index (χ0n) is 10.4. The predicted molar refractivity (Wildman–Crippen MR) is 77.4 cm³/mol. The monoisotopic (exact) mass is 347 g/mol. The third-order valence-corrected chi connectivity index (χ3v) is 3.63. The van der Waals surface area contributed by atoms with Crippen LogP contribution in [-0.2, 0) is 16.1 Å². The summed E-state index contributed by atoms with van der Waals surface area (Å²) >= 11 is 2.09. The highest BCUT2D eigenvalue weighted by Crippen LogP contribution is 2.09. The molecule has 3 nitrogen and oxygen atoms in total. The number of nitrogens with one attached hydrogen (secondary N) is 1. The summed E-state index contributed by atoms with van der Waals surface area (Å²) in [7, 11) is 1.41. The van der Waals surface area contributed by atoms with E-state index < -0.39 is 0 Å². The van der Waals surface area contributed by atoms with Gasteiger partial charge >= 0.3 is 5.97 Å². The van der Waals surface area contributed by atoms with Crippen molar-refractivity contribution in [1.82, 2.24) is 5.32 Å². The summed E-state index contributed by atoms with van der Waals surface area (Å²) in [5, 5.41) is 3.26. The van der Waals surface area contributed by atoms with E-state index in [4.69, 9.17) is 0 Å². The molecule has 94 valence electrons. The molecule has 1 rings (SSSR count). The van der Waals surface area contributed by atoms with Crippen molar-refractivity contribution in [2.75, 3.05) is 13.7 Å². The van der Waals surface area contributed by atoms with Crippen molar-refractivity contribution in [3.05, 3.63) is 34.9 Å². The molecular weight excluding hydrogens is 329 g/mol. The Morgan fingerprint density at radius 2 is 2.12 bits per heavy atom. The van der Waals surface area contributed by atoms with Gasteiger partial charge in [-0.1, -0.05) is 40.8 Å². The van der Waals surface area contributed by atoms with Gasteiger partial charge in [0, 0.05) is 13.1 Å². The van der Waals surface area contributed by atoms with Gasteiger partial charge in [0.05, 0.1) is 7.11 Å². The molecule has 0 saturated heterocycles. The summed E-state index contributed by atoms with van der Waals surface area (Å²) in [4.78, 5) is 11.2. The van der Waals surface area contributed by atoms with Gasteiger partial charge in [0.15, 0.2) is 0 Å². The van der Waals surface area contributed by atoms with Crippen LogP contribution in [0.5, 0.6) is 0 Å². The lowest BCUT2D eigenvalue weighted by atomic mass is 10.1. The molecule has 0 radical (unpaired) electrons. The molecule has 1 atom stereocenters. The number of hydrogen-bond acceptors (Lipinski definition) is 3. The van der Waals surface area contributed by atoms with Gasteiger partial charge in [-0.25, -0.2) is 0 Å². The van der Waals surface area contributed by atoms with Crippen LogP contribution < -0.4 is 5.32 Å². The van der Waals surface area contributed by atoms with Crippen molar-refractivity contribution in [2.24, 2.45) is 0 Å². The van der Waals surface area contributed by atoms with Crippen LogP contribution >= 0.6 is 22.6 Å². The van der Waals surface area contributed by atoms with E-state index in [0.29, 0.717) is 6.54 Å². The van der Waals surface area contributed by atoms with E-state index in [1.807, 2.05) is 0 Å². The van der Waals surface area contributed by atoms with E-state index in [0.717, 1.165) is 6.54 Å². The van der Waals surface area contributed by atoms with E-state index >= 15 is 0 Å². The van der Waals surface area contributed by atoms with E-state index in [2.05, 4.69) is 64.7 Å². The van der Waals surface area contributed by atoms with Gasteiger partial charge in [-0.3, -0.25) is 4.79 Å². The number of aryl methyl sites for hydroxylation is 2. The maximum absolute atomic E-state index is 11.2. The Labute approximate surface area is 116 Å². The van der Waals surface area contributed by atoms with Gasteiger partial charge in [0.1, 0.15) is 3.92 Å². The maximum Gasteiger partial charge on any atom is 0.319 e. The largest absolute Gasteiger partial charge is 0.468 e. The summed E-state index contributed by atoms with van der Waals surface area (Å²) in [5.41, 5.74) is 3.83. The highest BCUT2D eigenvalue weighted by Gasteiger charge is 2.13. The van der Waals surface area contributed by atoms with E-state index in [1.54, 1.807) is 0 Å². The minimum absolute atomic E-state index is 0.135. The number of halogens is 1. The van der Waals surface area contributed by atoms with Crippen LogP contribution in [-0.4, -0.2) is 23.5 Å². The van der Waals surface area contributed by atoms with Crippen molar-refractivity contribution >= 4 is 28.6 Å². The zero-order chi connectivity index (χ0) is 12.8. The Morgan fingerprint density at radius 1 is 1.41 bits per heavy atom. The topological polar surface area (TPSA) is 38.3 Å². The fraction of sp³-hybridized carbons (Fsp3) is 0.462. The number of methoxy groups -OCH3 is 1. The van der Waals surface area contributed by atoms with Gasteiger partial charge in [0.25, 0.3) is 0 Å². The molecule has 0 saturated carbocycles. The lowest BCUT2D eigenvalue weighted by Gasteiger charge is -2.10. The summed E-state index contributed by atoms with van der Waals surface area (Å²) in [6.07, 6.45) is 0. The molecule has 1 unspecified atom stereocenters. The Hall–Kier alpha value is -0.620. The molecular formula is C13H18INO2. The number of alkyl halides is 1. The molecule has 0 heterocycles. The molecule has 1 aromatic rings. The predicted octanol–water partition coefficient (Wildman–Crippen LogP) is 2.37. The fourth-order valence-corrected chi connectivity index (χ4v) is 2.03. The van der Waals surface area contributed by atoms with Crippen molar-refractivity contribution in [2.45, 2.75) is 24.3 Å². The molecule has 0 amide bonds. The Morgan fingerprint density at radius 3 is 2.71 bits per heavy atom. The minimum Gasteiger partial charge on any atom is -0.468 e. The van der Waals surface area contributed by atoms with Crippen LogP contribution in [0, 0.1) is 13.8 Å². The van der Waals surface area contributed by atoms with Crippen LogP contribution in [0.4, 0.5) is 0 Å². The van der Waals surface area contributed by atoms with Crippen LogP contribution in [0.2, 0.25) is 0 Å². The highest BCUT2D eigenvalue weighted by molar-refractivity contribution is 14.1. The quantitative estimate of drug-likeness (QED) is 0.505. The van der Waals surface area contributed by atoms with Gasteiger partial charge < -0.3 is 10.1 Å². The summed E-state index contributed by atoms with van der Waals surface area (Å²) in [6, 6.07) is 6.40. The third kappa shape index (κ3) is 4.63. The number of rotatable bonds is 5. The molecule has 4 heteroatoms. The first-order valence-electron chi connectivity index (χ1n) is 5.53. The summed E-state index contributed by atoms with van der Waals surface area (Å²) in [6.45, 7) is 5.61. The normalized spacial score (nSPS) is 12.2. The molecule has 0 spiro atoms. The van der Waals surface area contributed by atoms with E-state index in [1.165, 1.54) is 23.8 Å². The molecule has 0 aliphatic carbocycles. The molecule has 0 bridgehead atoms. The molecule has 0 aliphatic rings. The second kappa shape index (κ2) is 6.96. The van der Waals surface area contributed by atoms with Gasteiger partial charge in [-0.2, -0.15) is 0 Å². The van der Waals surface area contributed by atoms with E-state index in [9.17, 15) is 4.79 Å². The van der Waals surface area contributed by atoms with Gasteiger partial charge in [0.2, 0.25) is 0 Å². The lowest BCUT2D eigenvalue weighted by molar-refractivity contribution is -0.139. The Kier molecular flexibility index (Phi) is 5.91. The molecule has 0 aliphatic heterocycles. The smallest absolute Gasteiger partial charge is 0.319 e. The second-order valence-electron chi connectivity index (χ2n) is 4.04. The van der Waals surface area contributed by atoms with Gasteiger partial charge in [-0.15, -0.1) is 0 Å². The molecule has 17 heavy (non-hydrogen) atoms. The first-order valence-corrected chi connectivity index (χ1v) is 6.78. The zero-order valence-corrected chi connectivity index (χ0v) is 12.6. The molecule has 1 N–H and O–H groups in total. The average molecular weight is 347 g/mol. The molecule has 0 fully saturated rings. The number of ether oxygens (including phenoxy) is 1. The third-order valence-electron chi connectivity index (χ3n) is 2.68. The van der Waals surface area contributed by atoms with Crippen LogP contribution in [0.25, 0.3) is 0 Å². The number of hydrogen-bond donors (Lipinski definition) is 1. The number of carbonyl (C=O) groups is 1. The Bertz CT molecular complexity index is 393. The van der Waals surface area contributed by atoms with Crippen molar-refractivity contribution in [3.8, 4) is 0 Å². The van der Waals surface area contributed by atoms with Crippen molar-refractivity contribution < 1.29 is 9.53 Å². The standard InChI is InChI=1S/C13H18INO2/c1-9-4-5-11(6-10(9)2)7-15-8-12(14)13(16)17-3/h4-6,12,15H,7-8H2,1-3H3. The SMILES string of the molecule is COC(=O)C(I)CNCc1ccc(C)c(C)c1. The first kappa shape index (κ1) is 14.4. The highest BCUT2D eigenvalue weighted by atomic mass is 127. The van der Waals surface area contributed by atoms with Crippen LogP contribution in [0.3, 0.4) is 0 Å². The fourth-order valence-electron chi connectivity index (χ4n) is 1.47. The van der Waals surface area contributed by atoms with Crippen LogP contribution in [0.1, 0.15) is 16.7 Å². The van der Waals surface area contributed by atoms with Crippen molar-refractivity contribution in [1.29, 1.82) is 0 Å². The summed E-state index contributed by atoms with van der Waals surface area (Å²) < 4.78 is 4.53. The minimum atomic E-state index is -0.182. The first-order chi connectivity index (χ1) is 8.04. The molecule has 0 aromatic heterocycles. The van der Waals surface area contributed by atoms with Crippen molar-refractivity contribution in [3.63, 3.8) is 0 Å². The lowest BCUT2D eigenvalue weighted by Crippen LogP contribution is -2.29. The number of carbonyl (C=O) groups excluding carboxylic acids is 1. The average Bonchev–Trinajstić information content (AvgIpc) is 2.32. The second-order valence-corrected chi connectivity index (χ2v) is 5.54. The van der Waals surface area contributed by atoms with Crippen LogP contribution in [0.15, 0.2) is 18.2 Å². The summed E-state index contributed by atoms with van der Waals surface area (Å²) in [5.74, 6) is -0.182. The number of benzene rings is 1. The maximum atomic E-state index is 11.2. The number of esters is 1. The van der Waals surface area contributed by atoms with Gasteiger partial charge in [-0.05, 0) is 30.5 Å². The molecule has 1 aromatic carbocycles. The Balaban J connectivity index is 2.40.